The van der Waals surface area contributed by atoms with Crippen LogP contribution in [0.1, 0.15) is 84.1 Å². The molecule has 3 aliphatic rings. The molecular formula is C31H44O2S. The van der Waals surface area contributed by atoms with Crippen molar-refractivity contribution in [2.24, 2.45) is 23.2 Å². The van der Waals surface area contributed by atoms with Gasteiger partial charge in [-0.3, -0.25) is 0 Å². The van der Waals surface area contributed by atoms with Crippen LogP contribution in [-0.2, 0) is 0 Å². The minimum Gasteiger partial charge on any atom is -0.388 e. The van der Waals surface area contributed by atoms with Crippen molar-refractivity contribution >= 4 is 11.8 Å². The maximum absolute atomic E-state index is 10.2. The lowest BCUT2D eigenvalue weighted by Gasteiger charge is -2.44. The predicted molar refractivity (Wildman–Crippen MR) is 145 cm³/mol. The summed E-state index contributed by atoms with van der Waals surface area (Å²) in [5.41, 5.74) is 5.14. The molecule has 0 amide bonds. The normalized spacial score (nSPS) is 33.9. The second kappa shape index (κ2) is 10.8. The molecule has 6 atom stereocenters. The molecule has 3 unspecified atom stereocenters. The molecule has 0 heterocycles. The van der Waals surface area contributed by atoms with E-state index in [1.807, 2.05) is 11.8 Å². The van der Waals surface area contributed by atoms with Crippen molar-refractivity contribution in [3.63, 3.8) is 0 Å². The largest absolute Gasteiger partial charge is 0.388 e. The number of rotatable bonds is 6. The molecule has 3 saturated carbocycles. The SMILES string of the molecule is C=C1[C@H](O)CC(=C/C=C2\CCCC3(C)C2CCC3[C@@H](C)CSc2cccc(C(C)C)c2)C[C@H]1O. The first-order valence-corrected chi connectivity index (χ1v) is 14.3. The van der Waals surface area contributed by atoms with Crippen LogP contribution in [0.5, 0.6) is 0 Å². The number of fused-ring (bicyclic) bond motifs is 1. The van der Waals surface area contributed by atoms with Crippen LogP contribution < -0.4 is 0 Å². The molecule has 0 bridgehead atoms. The third-order valence-electron chi connectivity index (χ3n) is 9.06. The summed E-state index contributed by atoms with van der Waals surface area (Å²) in [6.07, 6.45) is 11.0. The van der Waals surface area contributed by atoms with E-state index in [0.29, 0.717) is 41.6 Å². The molecule has 3 fully saturated rings. The Balaban J connectivity index is 1.42. The summed E-state index contributed by atoms with van der Waals surface area (Å²) in [4.78, 5) is 1.41. The standard InChI is InChI=1S/C31H44O2S/c1-20(2)25-8-6-10-26(18-25)34-19-21(3)27-13-14-28-24(9-7-15-31(27,28)5)12-11-23-16-29(32)22(4)30(33)17-23/h6,8,10-12,18,20-21,27-30,32-33H,4,7,9,13-17,19H2,1-3,5H3/b24-12+/t21-,27?,28?,29+,30+,31?/m0/s1. The monoisotopic (exact) mass is 480 g/mol. The Kier molecular flexibility index (Phi) is 8.17. The Bertz CT molecular complexity index is 929. The van der Waals surface area contributed by atoms with Crippen LogP contribution in [0.15, 0.2) is 64.6 Å². The summed E-state index contributed by atoms with van der Waals surface area (Å²) in [5, 5.41) is 20.4. The molecule has 2 N–H and O–H groups in total. The average molecular weight is 481 g/mol. The fraction of sp³-hybridized carbons (Fsp3) is 0.613. The lowest BCUT2D eigenvalue weighted by molar-refractivity contribution is 0.105. The number of hydrogen-bond donors (Lipinski definition) is 2. The first-order valence-electron chi connectivity index (χ1n) is 13.3. The molecule has 4 rings (SSSR count). The van der Waals surface area contributed by atoms with Gasteiger partial charge in [0.2, 0.25) is 0 Å². The van der Waals surface area contributed by atoms with Gasteiger partial charge in [0.1, 0.15) is 0 Å². The van der Waals surface area contributed by atoms with Crippen LogP contribution in [-0.4, -0.2) is 28.2 Å². The van der Waals surface area contributed by atoms with E-state index in [9.17, 15) is 10.2 Å². The second-order valence-electron chi connectivity index (χ2n) is 11.7. The maximum Gasteiger partial charge on any atom is 0.0809 e. The number of benzene rings is 1. The van der Waals surface area contributed by atoms with Crippen molar-refractivity contribution in [3.05, 3.63) is 65.3 Å². The Hall–Kier alpha value is -1.29. The van der Waals surface area contributed by atoms with Crippen molar-refractivity contribution in [2.45, 2.75) is 95.7 Å². The van der Waals surface area contributed by atoms with Crippen LogP contribution in [0, 0.1) is 23.2 Å². The minimum absolute atomic E-state index is 0.391. The lowest BCUT2D eigenvalue weighted by Crippen LogP contribution is -2.36. The summed E-state index contributed by atoms with van der Waals surface area (Å²) in [5.74, 6) is 3.92. The Morgan fingerprint density at radius 1 is 1.12 bits per heavy atom. The van der Waals surface area contributed by atoms with Crippen LogP contribution in [0.4, 0.5) is 0 Å². The minimum atomic E-state index is -0.611. The molecule has 1 aromatic carbocycles. The van der Waals surface area contributed by atoms with E-state index in [1.165, 1.54) is 48.3 Å². The molecule has 1 aromatic rings. The number of allylic oxidation sites excluding steroid dienone is 3. The molecule has 34 heavy (non-hydrogen) atoms. The van der Waals surface area contributed by atoms with Gasteiger partial charge in [0.05, 0.1) is 12.2 Å². The molecule has 0 aliphatic heterocycles. The predicted octanol–water partition coefficient (Wildman–Crippen LogP) is 7.68. The Morgan fingerprint density at radius 3 is 2.56 bits per heavy atom. The fourth-order valence-electron chi connectivity index (χ4n) is 6.95. The molecule has 0 spiro atoms. The average Bonchev–Trinajstić information content (AvgIpc) is 3.17. The highest BCUT2D eigenvalue weighted by molar-refractivity contribution is 7.99. The molecule has 3 heteroatoms. The quantitative estimate of drug-likeness (QED) is 0.324. The maximum atomic E-state index is 10.2. The molecule has 186 valence electrons. The van der Waals surface area contributed by atoms with E-state index in [2.05, 4.69) is 70.7 Å². The van der Waals surface area contributed by atoms with Crippen molar-refractivity contribution in [3.8, 4) is 0 Å². The summed E-state index contributed by atoms with van der Waals surface area (Å²) in [6, 6.07) is 9.11. The Morgan fingerprint density at radius 2 is 1.85 bits per heavy atom. The van der Waals surface area contributed by atoms with Gasteiger partial charge >= 0.3 is 0 Å². The molecule has 0 saturated heterocycles. The molecule has 0 aromatic heterocycles. The van der Waals surface area contributed by atoms with Gasteiger partial charge in [-0.2, -0.15) is 0 Å². The van der Waals surface area contributed by atoms with E-state index in [1.54, 1.807) is 5.57 Å². The number of thioether (sulfide) groups is 1. The zero-order chi connectivity index (χ0) is 24.5. The fourth-order valence-corrected chi connectivity index (χ4v) is 8.03. The summed E-state index contributed by atoms with van der Waals surface area (Å²) in [7, 11) is 0. The number of hydrogen-bond acceptors (Lipinski definition) is 3. The summed E-state index contributed by atoms with van der Waals surface area (Å²) in [6.45, 7) is 13.4. The van der Waals surface area contributed by atoms with Crippen LogP contribution >= 0.6 is 11.8 Å². The third kappa shape index (κ3) is 5.42. The van der Waals surface area contributed by atoms with E-state index in [4.69, 9.17) is 0 Å². The Labute approximate surface area is 211 Å². The van der Waals surface area contributed by atoms with Crippen molar-refractivity contribution in [1.29, 1.82) is 0 Å². The molecule has 2 nitrogen and oxygen atoms in total. The van der Waals surface area contributed by atoms with Gasteiger partial charge in [-0.15, -0.1) is 11.8 Å². The van der Waals surface area contributed by atoms with Crippen molar-refractivity contribution in [1.82, 2.24) is 0 Å². The summed E-state index contributed by atoms with van der Waals surface area (Å²) >= 11 is 2.04. The van der Waals surface area contributed by atoms with Crippen LogP contribution in [0.25, 0.3) is 0 Å². The third-order valence-corrected chi connectivity index (χ3v) is 10.3. The highest BCUT2D eigenvalue weighted by Gasteiger charge is 2.50. The van der Waals surface area contributed by atoms with Gasteiger partial charge in [-0.1, -0.05) is 69.7 Å². The van der Waals surface area contributed by atoms with E-state index < -0.39 is 12.2 Å². The molecule has 3 aliphatic carbocycles. The highest BCUT2D eigenvalue weighted by atomic mass is 32.2. The number of aliphatic hydroxyl groups is 2. The molecular weight excluding hydrogens is 436 g/mol. The first kappa shape index (κ1) is 25.8. The molecule has 0 radical (unpaired) electrons. The first-order chi connectivity index (χ1) is 16.2. The highest BCUT2D eigenvalue weighted by Crippen LogP contribution is 2.59. The number of aliphatic hydroxyl groups excluding tert-OH is 2. The van der Waals surface area contributed by atoms with Crippen LogP contribution in [0.3, 0.4) is 0 Å². The van der Waals surface area contributed by atoms with Gasteiger partial charge in [0.15, 0.2) is 0 Å². The van der Waals surface area contributed by atoms with Gasteiger partial charge < -0.3 is 10.2 Å². The van der Waals surface area contributed by atoms with Gasteiger partial charge in [-0.05, 0) is 97.3 Å². The smallest absolute Gasteiger partial charge is 0.0809 e. The zero-order valence-corrected chi connectivity index (χ0v) is 22.4. The van der Waals surface area contributed by atoms with E-state index >= 15 is 0 Å². The van der Waals surface area contributed by atoms with E-state index in [0.717, 1.165) is 11.5 Å². The van der Waals surface area contributed by atoms with Gasteiger partial charge in [0.25, 0.3) is 0 Å². The van der Waals surface area contributed by atoms with Gasteiger partial charge in [0, 0.05) is 10.6 Å². The zero-order valence-electron chi connectivity index (χ0n) is 21.6. The lowest BCUT2D eigenvalue weighted by atomic mass is 9.61. The second-order valence-corrected chi connectivity index (χ2v) is 12.8. The van der Waals surface area contributed by atoms with Gasteiger partial charge in [-0.25, -0.2) is 0 Å². The van der Waals surface area contributed by atoms with Crippen molar-refractivity contribution < 1.29 is 10.2 Å². The van der Waals surface area contributed by atoms with E-state index in [-0.39, 0.29) is 0 Å². The van der Waals surface area contributed by atoms with Crippen LogP contribution in [0.2, 0.25) is 0 Å². The van der Waals surface area contributed by atoms with Crippen molar-refractivity contribution in [2.75, 3.05) is 5.75 Å². The summed E-state index contributed by atoms with van der Waals surface area (Å²) < 4.78 is 0. The topological polar surface area (TPSA) is 40.5 Å².